The van der Waals surface area contributed by atoms with E-state index in [9.17, 15) is 0 Å². The second kappa shape index (κ2) is 12.2. The van der Waals surface area contributed by atoms with E-state index in [0.717, 1.165) is 33.8 Å². The Morgan fingerprint density at radius 1 is 0.393 bits per heavy atom. The Kier molecular flexibility index (Phi) is 6.67. The smallest absolute Gasteiger partial charge is 0.145 e. The van der Waals surface area contributed by atoms with E-state index in [4.69, 9.17) is 4.98 Å². The largest absolute Gasteiger partial charge is 0.309 e. The first-order chi connectivity index (χ1) is 30.3. The molecule has 5 heteroatoms. The monoisotopic (exact) mass is 794 g/mol. The van der Waals surface area contributed by atoms with Crippen LogP contribution in [0.25, 0.3) is 83.1 Å². The molecule has 4 nitrogen and oxygen atoms in total. The zero-order chi connectivity index (χ0) is 39.8. The van der Waals surface area contributed by atoms with E-state index in [1.165, 1.54) is 81.3 Å². The Balaban J connectivity index is 1.03. The van der Waals surface area contributed by atoms with Crippen molar-refractivity contribution < 1.29 is 0 Å². The fraction of sp³-hybridized carbons (Fsp3) is 0.0179. The number of para-hydroxylation sites is 7. The Hall–Kier alpha value is -7.60. The van der Waals surface area contributed by atoms with Crippen molar-refractivity contribution in [1.29, 1.82) is 0 Å². The summed E-state index contributed by atoms with van der Waals surface area (Å²) in [5, 5.41) is 5.12. The standard InChI is InChI=1S/C56H34N4S/c1-2-15-36(16-3-1)59-49-27-12-8-23-45(49)57-55(59)35-29-31-37(32-30-35)58-47-25-10-5-18-40(47)52-50(58)34-33-44-54(52)61-51-28-13-7-21-42(51)56(44)41-20-6-11-26-48(41)60-46-24-9-4-17-38(46)39-19-14-22-43(56)53(39)60/h1-34H. The highest BCUT2D eigenvalue weighted by Crippen LogP contribution is 2.62. The van der Waals surface area contributed by atoms with Crippen LogP contribution >= 0.6 is 11.8 Å². The van der Waals surface area contributed by atoms with E-state index >= 15 is 0 Å². The molecule has 14 rings (SSSR count). The second-order valence-corrected chi connectivity index (χ2v) is 17.3. The highest BCUT2D eigenvalue weighted by atomic mass is 32.2. The zero-order valence-corrected chi connectivity index (χ0v) is 33.6. The number of benzene rings is 9. The van der Waals surface area contributed by atoms with Gasteiger partial charge in [-0.3, -0.25) is 4.57 Å². The summed E-state index contributed by atoms with van der Waals surface area (Å²) in [7, 11) is 0. The van der Waals surface area contributed by atoms with Crippen LogP contribution in [0.3, 0.4) is 0 Å². The molecule has 1 unspecified atom stereocenters. The minimum atomic E-state index is -0.541. The van der Waals surface area contributed by atoms with Crippen molar-refractivity contribution in [3.8, 4) is 28.5 Å². The van der Waals surface area contributed by atoms with Crippen molar-refractivity contribution in [1.82, 2.24) is 18.7 Å². The number of hydrogen-bond donors (Lipinski definition) is 0. The SMILES string of the molecule is c1ccc(-n2c(-c3ccc(-n4c5ccccc5c5c6c(ccc54)C4(c5ccccc5S6)c5ccccc5-n5c6ccccc6c6cccc4c65)cc3)nc3ccccc32)cc1. The fourth-order valence-electron chi connectivity index (χ4n) is 10.9. The third-order valence-electron chi connectivity index (χ3n) is 13.3. The molecule has 1 spiro atoms. The molecule has 0 saturated carbocycles. The van der Waals surface area contributed by atoms with Crippen LogP contribution in [0.15, 0.2) is 216 Å². The zero-order valence-electron chi connectivity index (χ0n) is 32.8. The molecule has 3 aromatic heterocycles. The molecule has 284 valence electrons. The third kappa shape index (κ3) is 4.28. The van der Waals surface area contributed by atoms with Gasteiger partial charge in [-0.15, -0.1) is 0 Å². The van der Waals surface area contributed by atoms with Crippen LogP contribution < -0.4 is 0 Å². The summed E-state index contributed by atoms with van der Waals surface area (Å²) >= 11 is 1.92. The first-order valence-electron chi connectivity index (χ1n) is 20.9. The van der Waals surface area contributed by atoms with Gasteiger partial charge in [-0.05, 0) is 101 Å². The van der Waals surface area contributed by atoms with Crippen LogP contribution in [0, 0.1) is 0 Å². The van der Waals surface area contributed by atoms with Gasteiger partial charge < -0.3 is 9.13 Å². The van der Waals surface area contributed by atoms with Gasteiger partial charge in [-0.2, -0.15) is 0 Å². The summed E-state index contributed by atoms with van der Waals surface area (Å²) in [6.07, 6.45) is 0. The molecule has 0 fully saturated rings. The summed E-state index contributed by atoms with van der Waals surface area (Å²) in [4.78, 5) is 7.78. The molecule has 9 aromatic carbocycles. The van der Waals surface area contributed by atoms with Crippen LogP contribution in [-0.4, -0.2) is 18.7 Å². The molecule has 1 atom stereocenters. The Morgan fingerprint density at radius 3 is 1.89 bits per heavy atom. The maximum atomic E-state index is 5.17. The molecule has 0 amide bonds. The van der Waals surface area contributed by atoms with E-state index in [0.29, 0.717) is 0 Å². The van der Waals surface area contributed by atoms with Gasteiger partial charge in [-0.1, -0.05) is 139 Å². The Morgan fingerprint density at radius 2 is 1.03 bits per heavy atom. The highest BCUT2D eigenvalue weighted by molar-refractivity contribution is 7.99. The van der Waals surface area contributed by atoms with E-state index in [1.807, 2.05) is 11.8 Å². The minimum absolute atomic E-state index is 0.541. The van der Waals surface area contributed by atoms with Crippen LogP contribution in [-0.2, 0) is 5.41 Å². The lowest BCUT2D eigenvalue weighted by Gasteiger charge is -2.45. The van der Waals surface area contributed by atoms with Gasteiger partial charge >= 0.3 is 0 Å². The van der Waals surface area contributed by atoms with Crippen LogP contribution in [0.4, 0.5) is 0 Å². The molecule has 0 aliphatic carbocycles. The summed E-state index contributed by atoms with van der Waals surface area (Å²) in [5.41, 5.74) is 16.3. The van der Waals surface area contributed by atoms with Crippen LogP contribution in [0.2, 0.25) is 0 Å². The normalized spacial score (nSPS) is 15.2. The van der Waals surface area contributed by atoms with Crippen molar-refractivity contribution in [3.63, 3.8) is 0 Å². The third-order valence-corrected chi connectivity index (χ3v) is 14.5. The molecule has 0 bridgehead atoms. The number of aromatic nitrogens is 4. The van der Waals surface area contributed by atoms with Crippen molar-refractivity contribution in [2.45, 2.75) is 15.2 Å². The predicted molar refractivity (Wildman–Crippen MR) is 251 cm³/mol. The summed E-state index contributed by atoms with van der Waals surface area (Å²) < 4.78 is 7.25. The van der Waals surface area contributed by atoms with Crippen molar-refractivity contribution in [2.75, 3.05) is 0 Å². The maximum absolute atomic E-state index is 5.17. The molecular weight excluding hydrogens is 761 g/mol. The quantitative estimate of drug-likeness (QED) is 0.178. The van der Waals surface area contributed by atoms with E-state index in [2.05, 4.69) is 220 Å². The van der Waals surface area contributed by atoms with Gasteiger partial charge in [0.2, 0.25) is 0 Å². The van der Waals surface area contributed by atoms with E-state index in [1.54, 1.807) is 0 Å². The lowest BCUT2D eigenvalue weighted by molar-refractivity contribution is 0.692. The molecule has 5 heterocycles. The van der Waals surface area contributed by atoms with Crippen LogP contribution in [0.1, 0.15) is 22.3 Å². The number of hydrogen-bond acceptors (Lipinski definition) is 2. The number of nitrogens with zero attached hydrogens (tertiary/aromatic N) is 4. The molecule has 0 N–H and O–H groups in total. The van der Waals surface area contributed by atoms with Crippen LogP contribution in [0.5, 0.6) is 0 Å². The average Bonchev–Trinajstić information content (AvgIpc) is 4.00. The topological polar surface area (TPSA) is 27.7 Å². The molecular formula is C56H34N4S. The van der Waals surface area contributed by atoms with Crippen molar-refractivity contribution in [2.24, 2.45) is 0 Å². The first kappa shape index (κ1) is 33.3. The predicted octanol–water partition coefficient (Wildman–Crippen LogP) is 14.0. The average molecular weight is 795 g/mol. The second-order valence-electron chi connectivity index (χ2n) is 16.3. The van der Waals surface area contributed by atoms with Gasteiger partial charge in [-0.25, -0.2) is 4.98 Å². The van der Waals surface area contributed by atoms with Crippen molar-refractivity contribution >= 4 is 66.4 Å². The summed E-state index contributed by atoms with van der Waals surface area (Å²) in [6.45, 7) is 0. The first-order valence-corrected chi connectivity index (χ1v) is 21.7. The molecule has 0 saturated heterocycles. The van der Waals surface area contributed by atoms with Crippen molar-refractivity contribution in [3.05, 3.63) is 229 Å². The fourth-order valence-corrected chi connectivity index (χ4v) is 12.3. The lowest BCUT2D eigenvalue weighted by Crippen LogP contribution is -2.37. The van der Waals surface area contributed by atoms with Gasteiger partial charge in [0, 0.05) is 48.3 Å². The summed E-state index contributed by atoms with van der Waals surface area (Å²) in [6, 6.07) is 75.8. The van der Waals surface area contributed by atoms with Gasteiger partial charge in [0.1, 0.15) is 5.82 Å². The van der Waals surface area contributed by atoms with E-state index in [-0.39, 0.29) is 0 Å². The molecule has 2 aliphatic heterocycles. The van der Waals surface area contributed by atoms with Gasteiger partial charge in [0.25, 0.3) is 0 Å². The van der Waals surface area contributed by atoms with Gasteiger partial charge in [0.05, 0.1) is 44.2 Å². The number of rotatable bonds is 3. The Bertz CT molecular complexity index is 3800. The maximum Gasteiger partial charge on any atom is 0.145 e. The van der Waals surface area contributed by atoms with Gasteiger partial charge in [0.15, 0.2) is 0 Å². The molecule has 61 heavy (non-hydrogen) atoms. The summed E-state index contributed by atoms with van der Waals surface area (Å²) in [5.74, 6) is 0.928. The number of imidazole rings is 1. The Labute approximate surface area is 355 Å². The molecule has 2 aliphatic rings. The molecule has 12 aromatic rings. The minimum Gasteiger partial charge on any atom is -0.309 e. The van der Waals surface area contributed by atoms with E-state index < -0.39 is 5.41 Å². The highest BCUT2D eigenvalue weighted by Gasteiger charge is 2.50. The lowest BCUT2D eigenvalue weighted by atomic mass is 9.62. The molecule has 0 radical (unpaired) electrons. The number of fused-ring (bicyclic) bond motifs is 16.